The summed E-state index contributed by atoms with van der Waals surface area (Å²) in [6, 6.07) is 0. The summed E-state index contributed by atoms with van der Waals surface area (Å²) in [6.07, 6.45) is 0.991. The molecule has 6 heteroatoms. The van der Waals surface area contributed by atoms with Gasteiger partial charge in [-0.05, 0) is 21.0 Å². The lowest BCUT2D eigenvalue weighted by molar-refractivity contribution is 0.0561. The second-order valence-electron chi connectivity index (χ2n) is 2.62. The maximum atomic E-state index is 10.7. The van der Waals surface area contributed by atoms with Crippen LogP contribution in [0.5, 0.6) is 0 Å². The number of hydrogen-bond donors (Lipinski definition) is 1. The van der Waals surface area contributed by atoms with E-state index in [1.165, 1.54) is 0 Å². The zero-order valence-electron chi connectivity index (χ0n) is 7.03. The summed E-state index contributed by atoms with van der Waals surface area (Å²) in [5, 5.41) is -1.08. The van der Waals surface area contributed by atoms with E-state index in [0.717, 1.165) is 6.26 Å². The zero-order valence-corrected chi connectivity index (χ0v) is 8.74. The Morgan fingerprint density at radius 2 is 1.82 bits per heavy atom. The van der Waals surface area contributed by atoms with Crippen LogP contribution in [0.4, 0.5) is 0 Å². The standard InChI is InChI=1S/C5H13NO3S2/c1-5(10,6(2)3)9-11(4,7)8/h10H,1-4H3. The topological polar surface area (TPSA) is 46.6 Å². The monoisotopic (exact) mass is 199 g/mol. The van der Waals surface area contributed by atoms with Crippen LogP contribution in [-0.2, 0) is 14.3 Å². The molecule has 68 valence electrons. The Balaban J connectivity index is 4.38. The van der Waals surface area contributed by atoms with Crippen LogP contribution in [0.25, 0.3) is 0 Å². The van der Waals surface area contributed by atoms with E-state index in [1.54, 1.807) is 25.9 Å². The fraction of sp³-hybridized carbons (Fsp3) is 1.00. The van der Waals surface area contributed by atoms with Gasteiger partial charge in [0.1, 0.15) is 0 Å². The van der Waals surface area contributed by atoms with Crippen LogP contribution in [-0.4, -0.2) is 38.7 Å². The molecule has 1 unspecified atom stereocenters. The molecular formula is C5H13NO3S2. The average molecular weight is 199 g/mol. The van der Waals surface area contributed by atoms with Crippen molar-refractivity contribution >= 4 is 22.7 Å². The summed E-state index contributed by atoms with van der Waals surface area (Å²) in [7, 11) is -0.0874. The fourth-order valence-corrected chi connectivity index (χ4v) is 1.49. The van der Waals surface area contributed by atoms with E-state index in [4.69, 9.17) is 0 Å². The second kappa shape index (κ2) is 3.30. The molecule has 0 saturated heterocycles. The van der Waals surface area contributed by atoms with E-state index in [1.807, 2.05) is 0 Å². The van der Waals surface area contributed by atoms with Gasteiger partial charge in [0.2, 0.25) is 0 Å². The quantitative estimate of drug-likeness (QED) is 0.399. The molecule has 0 aromatic heterocycles. The van der Waals surface area contributed by atoms with Gasteiger partial charge in [-0.3, -0.25) is 4.90 Å². The Kier molecular flexibility index (Phi) is 3.37. The Morgan fingerprint density at radius 3 is 1.91 bits per heavy atom. The first-order valence-electron chi connectivity index (χ1n) is 2.95. The van der Waals surface area contributed by atoms with Crippen LogP contribution < -0.4 is 0 Å². The van der Waals surface area contributed by atoms with Crippen molar-refractivity contribution in [2.75, 3.05) is 20.4 Å². The molecule has 0 N–H and O–H groups in total. The third-order valence-corrected chi connectivity index (χ3v) is 2.38. The Bertz CT molecular complexity index is 220. The minimum Gasteiger partial charge on any atom is -0.273 e. The summed E-state index contributed by atoms with van der Waals surface area (Å²) < 4.78 is 26.0. The molecular weight excluding hydrogens is 186 g/mol. The van der Waals surface area contributed by atoms with Crippen LogP contribution >= 0.6 is 12.6 Å². The molecule has 0 radical (unpaired) electrons. The molecule has 0 rings (SSSR count). The largest absolute Gasteiger partial charge is 0.273 e. The minimum absolute atomic E-state index is 0.991. The lowest BCUT2D eigenvalue weighted by Gasteiger charge is -2.29. The first kappa shape index (κ1) is 11.2. The van der Waals surface area contributed by atoms with Gasteiger partial charge in [-0.1, -0.05) is 0 Å². The molecule has 0 aromatic rings. The molecule has 0 bridgehead atoms. The van der Waals surface area contributed by atoms with Gasteiger partial charge in [-0.25, -0.2) is 4.18 Å². The fourth-order valence-electron chi connectivity index (χ4n) is 0.361. The van der Waals surface area contributed by atoms with Crippen LogP contribution in [0, 0.1) is 0 Å². The van der Waals surface area contributed by atoms with E-state index >= 15 is 0 Å². The molecule has 0 aromatic carbocycles. The van der Waals surface area contributed by atoms with Crippen molar-refractivity contribution < 1.29 is 12.6 Å². The Morgan fingerprint density at radius 1 is 1.45 bits per heavy atom. The molecule has 0 amide bonds. The van der Waals surface area contributed by atoms with Crippen LogP contribution in [0.1, 0.15) is 6.92 Å². The highest BCUT2D eigenvalue weighted by molar-refractivity contribution is 7.87. The molecule has 0 spiro atoms. The molecule has 0 saturated carbocycles. The van der Waals surface area contributed by atoms with Crippen molar-refractivity contribution in [3.05, 3.63) is 0 Å². The van der Waals surface area contributed by atoms with Gasteiger partial charge in [0.05, 0.1) is 6.26 Å². The first-order valence-corrected chi connectivity index (χ1v) is 5.22. The van der Waals surface area contributed by atoms with Crippen LogP contribution in [0.3, 0.4) is 0 Å². The SMILES string of the molecule is CN(C)C(C)(S)OS(C)(=O)=O. The Labute approximate surface area is 73.1 Å². The zero-order chi connectivity index (χ0) is 9.28. The number of nitrogens with zero attached hydrogens (tertiary/aromatic N) is 1. The highest BCUT2D eigenvalue weighted by Gasteiger charge is 2.27. The van der Waals surface area contributed by atoms with Crippen molar-refractivity contribution in [3.63, 3.8) is 0 Å². The molecule has 0 fully saturated rings. The van der Waals surface area contributed by atoms with E-state index in [9.17, 15) is 8.42 Å². The molecule has 0 aliphatic carbocycles. The number of rotatable bonds is 3. The highest BCUT2D eigenvalue weighted by atomic mass is 32.2. The van der Waals surface area contributed by atoms with Gasteiger partial charge < -0.3 is 0 Å². The van der Waals surface area contributed by atoms with Crippen molar-refractivity contribution in [2.24, 2.45) is 0 Å². The number of thiol groups is 1. The summed E-state index contributed by atoms with van der Waals surface area (Å²) >= 11 is 4.00. The van der Waals surface area contributed by atoms with Crippen molar-refractivity contribution in [1.29, 1.82) is 0 Å². The maximum absolute atomic E-state index is 10.7. The molecule has 0 heterocycles. The number of hydrogen-bond acceptors (Lipinski definition) is 5. The van der Waals surface area contributed by atoms with Crippen molar-refractivity contribution in [2.45, 2.75) is 12.0 Å². The summed E-state index contributed by atoms with van der Waals surface area (Å²) in [5.74, 6) is 0. The third kappa shape index (κ3) is 4.62. The maximum Gasteiger partial charge on any atom is 0.266 e. The normalized spacial score (nSPS) is 18.4. The summed E-state index contributed by atoms with van der Waals surface area (Å²) in [4.78, 5) is 1.55. The van der Waals surface area contributed by atoms with Gasteiger partial charge in [0.25, 0.3) is 10.1 Å². The minimum atomic E-state index is -3.44. The van der Waals surface area contributed by atoms with Gasteiger partial charge in [-0.15, -0.1) is 12.6 Å². The third-order valence-electron chi connectivity index (χ3n) is 1.14. The molecule has 11 heavy (non-hydrogen) atoms. The van der Waals surface area contributed by atoms with Crippen LogP contribution in [0.15, 0.2) is 0 Å². The highest BCUT2D eigenvalue weighted by Crippen LogP contribution is 2.19. The summed E-state index contributed by atoms with van der Waals surface area (Å²) in [6.45, 7) is 1.55. The van der Waals surface area contributed by atoms with Crippen molar-refractivity contribution in [3.8, 4) is 0 Å². The smallest absolute Gasteiger partial charge is 0.266 e. The van der Waals surface area contributed by atoms with Gasteiger partial charge >= 0.3 is 0 Å². The average Bonchev–Trinajstić information content (AvgIpc) is 1.56. The van der Waals surface area contributed by atoms with E-state index in [2.05, 4.69) is 16.8 Å². The van der Waals surface area contributed by atoms with E-state index in [0.29, 0.717) is 0 Å². The summed E-state index contributed by atoms with van der Waals surface area (Å²) in [5.41, 5.74) is 0. The lowest BCUT2D eigenvalue weighted by atomic mass is 10.6. The predicted molar refractivity (Wildman–Crippen MR) is 47.0 cm³/mol. The first-order chi connectivity index (χ1) is 4.65. The predicted octanol–water partition coefficient (Wildman–Crippen LogP) is 0.128. The molecule has 4 nitrogen and oxygen atoms in total. The lowest BCUT2D eigenvalue weighted by Crippen LogP contribution is -2.39. The van der Waals surface area contributed by atoms with Crippen molar-refractivity contribution in [1.82, 2.24) is 4.90 Å². The van der Waals surface area contributed by atoms with Crippen LogP contribution in [0.2, 0.25) is 0 Å². The van der Waals surface area contributed by atoms with E-state index < -0.39 is 15.2 Å². The van der Waals surface area contributed by atoms with Gasteiger partial charge in [0, 0.05) is 0 Å². The second-order valence-corrected chi connectivity index (χ2v) is 5.02. The van der Waals surface area contributed by atoms with Gasteiger partial charge in [0.15, 0.2) is 5.06 Å². The van der Waals surface area contributed by atoms with E-state index in [-0.39, 0.29) is 0 Å². The molecule has 0 aliphatic rings. The Hall–Kier alpha value is 0.220. The van der Waals surface area contributed by atoms with Gasteiger partial charge in [-0.2, -0.15) is 8.42 Å². The molecule has 1 atom stereocenters. The molecule has 0 aliphatic heterocycles.